The second-order valence-corrected chi connectivity index (χ2v) is 7.47. The van der Waals surface area contributed by atoms with E-state index in [9.17, 15) is 9.90 Å². The van der Waals surface area contributed by atoms with Crippen molar-refractivity contribution in [1.29, 1.82) is 0 Å². The molecule has 2 amide bonds. The molecule has 3 atom stereocenters. The summed E-state index contributed by atoms with van der Waals surface area (Å²) in [5, 5.41) is 12.6. The van der Waals surface area contributed by atoms with Crippen LogP contribution in [0.2, 0.25) is 0 Å². The molecular formula is C16H30N2O2. The first-order valence-electron chi connectivity index (χ1n) is 8.11. The standard InChI is InChI=1S/C16H30N2O2/c1-12(19)10-16(2,3)11-17-15(20)18-9-8-13-6-4-5-7-14(13)18/h12-14,19H,4-11H2,1-3H3,(H,17,20). The molecule has 1 aliphatic heterocycles. The molecule has 1 saturated carbocycles. The summed E-state index contributed by atoms with van der Waals surface area (Å²) >= 11 is 0. The fraction of sp³-hybridized carbons (Fsp3) is 0.938. The van der Waals surface area contributed by atoms with E-state index in [0.717, 1.165) is 12.5 Å². The van der Waals surface area contributed by atoms with Gasteiger partial charge in [-0.2, -0.15) is 0 Å². The Balaban J connectivity index is 1.83. The van der Waals surface area contributed by atoms with Crippen LogP contribution in [0, 0.1) is 11.3 Å². The number of rotatable bonds is 4. The Hall–Kier alpha value is -0.770. The summed E-state index contributed by atoms with van der Waals surface area (Å²) in [6, 6.07) is 0.571. The molecule has 3 unspecified atom stereocenters. The van der Waals surface area contributed by atoms with Crippen LogP contribution in [-0.2, 0) is 0 Å². The van der Waals surface area contributed by atoms with Crippen LogP contribution >= 0.6 is 0 Å². The van der Waals surface area contributed by atoms with Crippen molar-refractivity contribution in [2.75, 3.05) is 13.1 Å². The quantitative estimate of drug-likeness (QED) is 0.833. The van der Waals surface area contributed by atoms with Crippen molar-refractivity contribution < 1.29 is 9.90 Å². The van der Waals surface area contributed by atoms with Crippen LogP contribution in [-0.4, -0.2) is 41.3 Å². The van der Waals surface area contributed by atoms with Crippen LogP contribution < -0.4 is 5.32 Å². The highest BCUT2D eigenvalue weighted by molar-refractivity contribution is 5.75. The molecule has 2 aliphatic rings. The molecule has 4 nitrogen and oxygen atoms in total. The highest BCUT2D eigenvalue weighted by Crippen LogP contribution is 2.36. The van der Waals surface area contributed by atoms with Crippen molar-refractivity contribution >= 4 is 6.03 Å². The summed E-state index contributed by atoms with van der Waals surface area (Å²) in [6.07, 6.45) is 6.62. The largest absolute Gasteiger partial charge is 0.393 e. The Morgan fingerprint density at radius 3 is 2.75 bits per heavy atom. The fourth-order valence-electron chi connectivity index (χ4n) is 3.95. The first kappa shape index (κ1) is 15.6. The molecule has 2 N–H and O–H groups in total. The first-order valence-corrected chi connectivity index (χ1v) is 8.11. The van der Waals surface area contributed by atoms with Gasteiger partial charge in [-0.05, 0) is 43.9 Å². The molecule has 0 aromatic rings. The molecule has 20 heavy (non-hydrogen) atoms. The Morgan fingerprint density at radius 1 is 1.35 bits per heavy atom. The fourth-order valence-corrected chi connectivity index (χ4v) is 3.95. The van der Waals surface area contributed by atoms with Crippen molar-refractivity contribution in [2.24, 2.45) is 11.3 Å². The van der Waals surface area contributed by atoms with E-state index in [-0.39, 0.29) is 17.6 Å². The van der Waals surface area contributed by atoms with Crippen LogP contribution in [0.25, 0.3) is 0 Å². The topological polar surface area (TPSA) is 52.6 Å². The summed E-state index contributed by atoms with van der Waals surface area (Å²) in [6.45, 7) is 7.53. The number of hydrogen-bond donors (Lipinski definition) is 2. The number of aliphatic hydroxyl groups excluding tert-OH is 1. The maximum absolute atomic E-state index is 12.4. The monoisotopic (exact) mass is 282 g/mol. The normalized spacial score (nSPS) is 28.1. The Bertz CT molecular complexity index is 341. The van der Waals surface area contributed by atoms with Crippen molar-refractivity contribution in [3.8, 4) is 0 Å². The molecule has 0 aromatic carbocycles. The van der Waals surface area contributed by atoms with Crippen LogP contribution in [0.15, 0.2) is 0 Å². The summed E-state index contributed by atoms with van der Waals surface area (Å²) in [7, 11) is 0. The van der Waals surface area contributed by atoms with Gasteiger partial charge in [-0.3, -0.25) is 0 Å². The minimum absolute atomic E-state index is 0.0600. The lowest BCUT2D eigenvalue weighted by molar-refractivity contribution is 0.124. The number of hydrogen-bond acceptors (Lipinski definition) is 2. The van der Waals surface area contributed by atoms with Gasteiger partial charge in [0.2, 0.25) is 0 Å². The maximum Gasteiger partial charge on any atom is 0.317 e. The molecule has 0 spiro atoms. The first-order chi connectivity index (χ1) is 9.39. The Labute approximate surface area is 122 Å². The van der Waals surface area contributed by atoms with Crippen molar-refractivity contribution in [3.05, 3.63) is 0 Å². The predicted octanol–water partition coefficient (Wildman–Crippen LogP) is 2.76. The van der Waals surface area contributed by atoms with E-state index in [2.05, 4.69) is 24.1 Å². The Morgan fingerprint density at radius 2 is 2.05 bits per heavy atom. The lowest BCUT2D eigenvalue weighted by Crippen LogP contribution is -2.47. The lowest BCUT2D eigenvalue weighted by atomic mass is 9.85. The zero-order chi connectivity index (χ0) is 14.8. The van der Waals surface area contributed by atoms with Gasteiger partial charge in [0.15, 0.2) is 0 Å². The number of carbonyl (C=O) groups is 1. The van der Waals surface area contributed by atoms with Gasteiger partial charge in [-0.25, -0.2) is 4.79 Å². The molecule has 1 aliphatic carbocycles. The second kappa shape index (κ2) is 6.33. The van der Waals surface area contributed by atoms with Gasteiger partial charge in [0.1, 0.15) is 0 Å². The van der Waals surface area contributed by atoms with E-state index in [1.54, 1.807) is 6.92 Å². The number of fused-ring (bicyclic) bond motifs is 1. The molecule has 1 saturated heterocycles. The molecule has 4 heteroatoms. The second-order valence-electron chi connectivity index (χ2n) is 7.47. The summed E-state index contributed by atoms with van der Waals surface area (Å²) in [5.74, 6) is 0.736. The third kappa shape index (κ3) is 3.87. The van der Waals surface area contributed by atoms with E-state index in [1.165, 1.54) is 32.1 Å². The van der Waals surface area contributed by atoms with E-state index < -0.39 is 0 Å². The third-order valence-corrected chi connectivity index (χ3v) is 4.84. The van der Waals surface area contributed by atoms with E-state index in [4.69, 9.17) is 0 Å². The number of nitrogens with one attached hydrogen (secondary N) is 1. The zero-order valence-corrected chi connectivity index (χ0v) is 13.2. The SMILES string of the molecule is CC(O)CC(C)(C)CNC(=O)N1CCC2CCCCC21. The van der Waals surface area contributed by atoms with Crippen molar-refractivity contribution in [1.82, 2.24) is 10.2 Å². The van der Waals surface area contributed by atoms with Gasteiger partial charge in [0.05, 0.1) is 6.10 Å². The smallest absolute Gasteiger partial charge is 0.317 e. The number of amides is 2. The van der Waals surface area contributed by atoms with E-state index in [0.29, 0.717) is 19.0 Å². The Kier molecular flexibility index (Phi) is 4.95. The molecule has 0 aromatic heterocycles. The van der Waals surface area contributed by atoms with Gasteiger partial charge in [0.25, 0.3) is 0 Å². The van der Waals surface area contributed by atoms with Gasteiger partial charge in [-0.1, -0.05) is 26.7 Å². The molecule has 2 rings (SSSR count). The van der Waals surface area contributed by atoms with Crippen LogP contribution in [0.3, 0.4) is 0 Å². The van der Waals surface area contributed by atoms with Crippen molar-refractivity contribution in [3.63, 3.8) is 0 Å². The molecule has 0 radical (unpaired) electrons. The van der Waals surface area contributed by atoms with Gasteiger partial charge < -0.3 is 15.3 Å². The van der Waals surface area contributed by atoms with Gasteiger partial charge in [-0.15, -0.1) is 0 Å². The third-order valence-electron chi connectivity index (χ3n) is 4.84. The number of aliphatic hydroxyl groups is 1. The minimum atomic E-state index is -0.323. The average Bonchev–Trinajstić information content (AvgIpc) is 2.78. The van der Waals surface area contributed by atoms with Gasteiger partial charge in [0, 0.05) is 19.1 Å². The van der Waals surface area contributed by atoms with Crippen molar-refractivity contribution in [2.45, 2.75) is 71.4 Å². The number of likely N-dealkylation sites (tertiary alicyclic amines) is 1. The molecular weight excluding hydrogens is 252 g/mol. The summed E-state index contributed by atoms with van der Waals surface area (Å²) in [4.78, 5) is 14.4. The minimum Gasteiger partial charge on any atom is -0.393 e. The highest BCUT2D eigenvalue weighted by Gasteiger charge is 2.38. The zero-order valence-electron chi connectivity index (χ0n) is 13.2. The molecule has 0 bridgehead atoms. The van der Waals surface area contributed by atoms with Gasteiger partial charge >= 0.3 is 6.03 Å². The number of nitrogens with zero attached hydrogens (tertiary/aromatic N) is 1. The molecule has 116 valence electrons. The number of carbonyl (C=O) groups excluding carboxylic acids is 1. The van der Waals surface area contributed by atoms with Crippen LogP contribution in [0.4, 0.5) is 4.79 Å². The average molecular weight is 282 g/mol. The molecule has 1 heterocycles. The van der Waals surface area contributed by atoms with Crippen LogP contribution in [0.1, 0.15) is 59.3 Å². The van der Waals surface area contributed by atoms with Crippen LogP contribution in [0.5, 0.6) is 0 Å². The summed E-state index contributed by atoms with van der Waals surface area (Å²) < 4.78 is 0. The lowest BCUT2D eigenvalue weighted by Gasteiger charge is -2.33. The predicted molar refractivity (Wildman–Crippen MR) is 80.5 cm³/mol. The summed E-state index contributed by atoms with van der Waals surface area (Å²) in [5.41, 5.74) is -0.0600. The number of urea groups is 1. The maximum atomic E-state index is 12.4. The van der Waals surface area contributed by atoms with E-state index in [1.807, 2.05) is 0 Å². The highest BCUT2D eigenvalue weighted by atomic mass is 16.3. The van der Waals surface area contributed by atoms with E-state index >= 15 is 0 Å². The molecule has 2 fully saturated rings.